The second-order valence-electron chi connectivity index (χ2n) is 6.90. The molecule has 1 N–H and O–H groups in total. The second kappa shape index (κ2) is 7.10. The maximum atomic E-state index is 12.8. The summed E-state index contributed by atoms with van der Waals surface area (Å²) in [4.78, 5) is 51.5. The van der Waals surface area contributed by atoms with Crippen molar-refractivity contribution in [3.63, 3.8) is 0 Å². The Morgan fingerprint density at radius 3 is 2.23 bits per heavy atom. The Balaban J connectivity index is 1.45. The Morgan fingerprint density at radius 2 is 1.55 bits per heavy atom. The number of nitrogens with zero attached hydrogens (tertiary/aromatic N) is 1. The quantitative estimate of drug-likeness (QED) is 0.395. The molecule has 0 spiro atoms. The standard InChI is InChI=1S/C23H14N2O6/c26-18(12-25-22(28)13-6-1-2-7-14(13)23(25)29)24-19-15-8-3-4-9-16(15)31-21(19)20(27)17-10-5-11-30-17/h1-11H,12H2,(H,24,26). The zero-order valence-electron chi connectivity index (χ0n) is 16.0. The van der Waals surface area contributed by atoms with Crippen LogP contribution in [0.15, 0.2) is 75.8 Å². The molecule has 0 saturated heterocycles. The van der Waals surface area contributed by atoms with Crippen molar-refractivity contribution in [2.24, 2.45) is 0 Å². The Morgan fingerprint density at radius 1 is 0.871 bits per heavy atom. The van der Waals surface area contributed by atoms with E-state index in [4.69, 9.17) is 8.83 Å². The highest BCUT2D eigenvalue weighted by atomic mass is 16.4. The van der Waals surface area contributed by atoms with E-state index in [-0.39, 0.29) is 28.3 Å². The number of anilines is 1. The number of para-hydroxylation sites is 1. The summed E-state index contributed by atoms with van der Waals surface area (Å²) in [6.07, 6.45) is 1.36. The van der Waals surface area contributed by atoms with Crippen LogP contribution in [-0.2, 0) is 4.79 Å². The van der Waals surface area contributed by atoms with Gasteiger partial charge in [-0.3, -0.25) is 24.1 Å². The van der Waals surface area contributed by atoms with Gasteiger partial charge in [-0.2, -0.15) is 0 Å². The molecule has 2 aromatic heterocycles. The first-order chi connectivity index (χ1) is 15.0. The highest BCUT2D eigenvalue weighted by Gasteiger charge is 2.36. The topological polar surface area (TPSA) is 110 Å². The molecule has 0 fully saturated rings. The van der Waals surface area contributed by atoms with Crippen LogP contribution in [0.3, 0.4) is 0 Å². The lowest BCUT2D eigenvalue weighted by Crippen LogP contribution is -2.37. The van der Waals surface area contributed by atoms with Gasteiger partial charge in [-0.1, -0.05) is 24.3 Å². The first-order valence-electron chi connectivity index (χ1n) is 9.39. The number of hydrogen-bond acceptors (Lipinski definition) is 6. The van der Waals surface area contributed by atoms with Crippen LogP contribution < -0.4 is 5.32 Å². The van der Waals surface area contributed by atoms with Crippen LogP contribution in [0.25, 0.3) is 11.0 Å². The van der Waals surface area contributed by atoms with Gasteiger partial charge in [0.25, 0.3) is 17.6 Å². The van der Waals surface area contributed by atoms with Gasteiger partial charge in [0.15, 0.2) is 5.76 Å². The molecule has 0 saturated carbocycles. The molecule has 31 heavy (non-hydrogen) atoms. The van der Waals surface area contributed by atoms with E-state index in [2.05, 4.69) is 5.32 Å². The average molecular weight is 414 g/mol. The lowest BCUT2D eigenvalue weighted by molar-refractivity contribution is -0.116. The number of benzene rings is 2. The molecule has 0 atom stereocenters. The molecule has 4 aromatic rings. The van der Waals surface area contributed by atoms with Crippen molar-refractivity contribution in [1.82, 2.24) is 4.90 Å². The van der Waals surface area contributed by atoms with Crippen molar-refractivity contribution in [2.75, 3.05) is 11.9 Å². The molecule has 8 heteroatoms. The zero-order chi connectivity index (χ0) is 21.5. The van der Waals surface area contributed by atoms with Crippen molar-refractivity contribution >= 4 is 40.2 Å². The van der Waals surface area contributed by atoms with Crippen LogP contribution in [0, 0.1) is 0 Å². The maximum Gasteiger partial charge on any atom is 0.265 e. The lowest BCUT2D eigenvalue weighted by atomic mass is 10.1. The molecule has 3 heterocycles. The Bertz CT molecular complexity index is 1330. The SMILES string of the molecule is O=C(CN1C(=O)c2ccccc2C1=O)Nc1c(C(=O)c2ccco2)oc2ccccc12. The first-order valence-corrected chi connectivity index (χ1v) is 9.39. The third-order valence-corrected chi connectivity index (χ3v) is 4.99. The van der Waals surface area contributed by atoms with E-state index in [9.17, 15) is 19.2 Å². The summed E-state index contributed by atoms with van der Waals surface area (Å²) in [6, 6.07) is 16.2. The molecule has 0 radical (unpaired) electrons. The number of carbonyl (C=O) groups excluding carboxylic acids is 4. The van der Waals surface area contributed by atoms with Crippen LogP contribution in [0.5, 0.6) is 0 Å². The summed E-state index contributed by atoms with van der Waals surface area (Å²) >= 11 is 0. The number of nitrogens with one attached hydrogen (secondary N) is 1. The van der Waals surface area contributed by atoms with Crippen LogP contribution in [0.2, 0.25) is 0 Å². The van der Waals surface area contributed by atoms with Crippen LogP contribution in [0.4, 0.5) is 5.69 Å². The fourth-order valence-corrected chi connectivity index (χ4v) is 3.55. The smallest absolute Gasteiger partial charge is 0.265 e. The predicted octanol–water partition coefficient (Wildman–Crippen LogP) is 3.49. The fourth-order valence-electron chi connectivity index (χ4n) is 3.55. The van der Waals surface area contributed by atoms with E-state index in [1.807, 2.05) is 0 Å². The number of carbonyl (C=O) groups is 4. The van der Waals surface area contributed by atoms with Gasteiger partial charge in [-0.15, -0.1) is 0 Å². The fraction of sp³-hybridized carbons (Fsp3) is 0.0435. The van der Waals surface area contributed by atoms with Crippen molar-refractivity contribution < 1.29 is 28.0 Å². The molecule has 0 unspecified atom stereocenters. The summed E-state index contributed by atoms with van der Waals surface area (Å²) in [5.41, 5.74) is 1.05. The molecule has 3 amide bonds. The first kappa shape index (κ1) is 18.6. The molecule has 5 rings (SSSR count). The minimum Gasteiger partial charge on any atom is -0.461 e. The van der Waals surface area contributed by atoms with Gasteiger partial charge in [-0.05, 0) is 36.4 Å². The summed E-state index contributed by atoms with van der Waals surface area (Å²) in [5, 5.41) is 3.14. The van der Waals surface area contributed by atoms with Gasteiger partial charge < -0.3 is 14.2 Å². The number of furan rings is 2. The van der Waals surface area contributed by atoms with Gasteiger partial charge in [0.2, 0.25) is 11.7 Å². The van der Waals surface area contributed by atoms with Gasteiger partial charge >= 0.3 is 0 Å². The number of hydrogen-bond donors (Lipinski definition) is 1. The van der Waals surface area contributed by atoms with E-state index in [1.54, 1.807) is 42.5 Å². The third kappa shape index (κ3) is 3.01. The van der Waals surface area contributed by atoms with E-state index in [1.165, 1.54) is 24.5 Å². The average Bonchev–Trinajstić information content (AvgIpc) is 3.49. The molecule has 0 aliphatic carbocycles. The van der Waals surface area contributed by atoms with Crippen molar-refractivity contribution in [1.29, 1.82) is 0 Å². The van der Waals surface area contributed by atoms with E-state index >= 15 is 0 Å². The minimum absolute atomic E-state index is 0.0508. The molecule has 1 aliphatic heterocycles. The molecule has 0 bridgehead atoms. The molecular formula is C23H14N2O6. The Labute approximate surface area is 175 Å². The number of amides is 3. The number of rotatable bonds is 5. The van der Waals surface area contributed by atoms with Crippen molar-refractivity contribution in [2.45, 2.75) is 0 Å². The van der Waals surface area contributed by atoms with E-state index in [0.29, 0.717) is 11.0 Å². The van der Waals surface area contributed by atoms with Gasteiger partial charge in [0, 0.05) is 5.39 Å². The van der Waals surface area contributed by atoms with Crippen LogP contribution >= 0.6 is 0 Å². The highest BCUT2D eigenvalue weighted by Crippen LogP contribution is 2.33. The second-order valence-corrected chi connectivity index (χ2v) is 6.90. The number of ketones is 1. The third-order valence-electron chi connectivity index (χ3n) is 4.99. The van der Waals surface area contributed by atoms with E-state index in [0.717, 1.165) is 4.90 Å². The molecule has 8 nitrogen and oxygen atoms in total. The van der Waals surface area contributed by atoms with Crippen LogP contribution in [-0.4, -0.2) is 34.9 Å². The predicted molar refractivity (Wildman–Crippen MR) is 109 cm³/mol. The Hall–Kier alpha value is -4.46. The van der Waals surface area contributed by atoms with Gasteiger partial charge in [0.05, 0.1) is 23.1 Å². The normalized spacial score (nSPS) is 13.0. The molecule has 2 aromatic carbocycles. The Kier molecular flexibility index (Phi) is 4.25. The van der Waals surface area contributed by atoms with Crippen LogP contribution in [0.1, 0.15) is 37.0 Å². The largest absolute Gasteiger partial charge is 0.461 e. The van der Waals surface area contributed by atoms with Gasteiger partial charge in [0.1, 0.15) is 12.1 Å². The summed E-state index contributed by atoms with van der Waals surface area (Å²) in [6.45, 7) is -0.500. The zero-order valence-corrected chi connectivity index (χ0v) is 16.0. The molecule has 1 aliphatic rings. The summed E-state index contributed by atoms with van der Waals surface area (Å²) in [5.74, 6) is -2.33. The monoisotopic (exact) mass is 414 g/mol. The number of fused-ring (bicyclic) bond motifs is 2. The molecule has 152 valence electrons. The highest BCUT2D eigenvalue weighted by molar-refractivity contribution is 6.23. The number of imide groups is 1. The van der Waals surface area contributed by atoms with Gasteiger partial charge in [-0.25, -0.2) is 0 Å². The van der Waals surface area contributed by atoms with Crippen molar-refractivity contribution in [3.05, 3.63) is 89.6 Å². The summed E-state index contributed by atoms with van der Waals surface area (Å²) in [7, 11) is 0. The maximum absolute atomic E-state index is 12.8. The minimum atomic E-state index is -0.644. The van der Waals surface area contributed by atoms with Crippen molar-refractivity contribution in [3.8, 4) is 0 Å². The van der Waals surface area contributed by atoms with E-state index < -0.39 is 30.0 Å². The summed E-state index contributed by atoms with van der Waals surface area (Å²) < 4.78 is 10.8. The molecular weight excluding hydrogens is 400 g/mol. The lowest BCUT2D eigenvalue weighted by Gasteiger charge is -2.13.